The predicted molar refractivity (Wildman–Crippen MR) is 91.4 cm³/mol. The third kappa shape index (κ3) is 3.64. The van der Waals surface area contributed by atoms with Crippen LogP contribution in [-0.4, -0.2) is 19.7 Å². The van der Waals surface area contributed by atoms with E-state index in [1.165, 1.54) is 24.3 Å². The molecular weight excluding hydrogens is 376 g/mol. The molecule has 0 aliphatic carbocycles. The summed E-state index contributed by atoms with van der Waals surface area (Å²) in [7, 11) is 0. The van der Waals surface area contributed by atoms with Crippen molar-refractivity contribution in [3.05, 3.63) is 77.9 Å². The zero-order chi connectivity index (χ0) is 19.7. The van der Waals surface area contributed by atoms with Crippen molar-refractivity contribution in [2.75, 3.05) is 0 Å². The van der Waals surface area contributed by atoms with Crippen LogP contribution in [0.5, 0.6) is 0 Å². The van der Waals surface area contributed by atoms with Gasteiger partial charge in [0.25, 0.3) is 5.89 Å². The molecule has 0 N–H and O–H groups in total. The highest BCUT2D eigenvalue weighted by atomic mass is 19.3. The van der Waals surface area contributed by atoms with Gasteiger partial charge >= 0.3 is 6.43 Å². The Kier molecular flexibility index (Phi) is 4.64. The molecule has 0 amide bonds. The summed E-state index contributed by atoms with van der Waals surface area (Å²) >= 11 is 0. The zero-order valence-corrected chi connectivity index (χ0v) is 14.2. The smallest absolute Gasteiger partial charge is 0.314 e. The maximum atomic E-state index is 14.2. The van der Waals surface area contributed by atoms with Crippen LogP contribution < -0.4 is 0 Å². The number of alkyl halides is 2. The molecule has 4 rings (SSSR count). The molecule has 0 aliphatic rings. The second-order valence-electron chi connectivity index (χ2n) is 5.98. The highest BCUT2D eigenvalue weighted by Crippen LogP contribution is 2.28. The maximum Gasteiger partial charge on any atom is 0.314 e. The number of halogens is 4. The number of benzene rings is 2. The van der Waals surface area contributed by atoms with Gasteiger partial charge in [0.05, 0.1) is 0 Å². The normalized spacial score (nSPS) is 11.3. The molecule has 142 valence electrons. The summed E-state index contributed by atoms with van der Waals surface area (Å²) in [5.74, 6) is -1.56. The molecule has 2 heterocycles. The van der Waals surface area contributed by atoms with E-state index in [0.717, 1.165) is 11.6 Å². The highest BCUT2D eigenvalue weighted by molar-refractivity contribution is 5.65. The second kappa shape index (κ2) is 7.26. The third-order valence-corrected chi connectivity index (χ3v) is 4.01. The van der Waals surface area contributed by atoms with E-state index in [1.54, 1.807) is 29.1 Å². The first-order valence-electron chi connectivity index (χ1n) is 8.18. The highest BCUT2D eigenvalue weighted by Gasteiger charge is 2.18. The van der Waals surface area contributed by atoms with Crippen LogP contribution in [-0.2, 0) is 6.54 Å². The van der Waals surface area contributed by atoms with Crippen molar-refractivity contribution in [3.8, 4) is 22.8 Å². The molecule has 0 atom stereocenters. The largest absolute Gasteiger partial charge is 0.415 e. The van der Waals surface area contributed by atoms with Gasteiger partial charge in [-0.1, -0.05) is 12.1 Å². The van der Waals surface area contributed by atoms with Crippen LogP contribution in [0.2, 0.25) is 0 Å². The summed E-state index contributed by atoms with van der Waals surface area (Å²) in [5, 5.41) is 6.80. The topological polar surface area (TPSA) is 56.7 Å². The fraction of sp³-hybridized carbons (Fsp3) is 0.105. The Balaban J connectivity index is 1.69. The molecule has 2 aromatic carbocycles. The van der Waals surface area contributed by atoms with E-state index < -0.39 is 18.1 Å². The van der Waals surface area contributed by atoms with Crippen molar-refractivity contribution in [2.45, 2.75) is 13.0 Å². The first-order chi connectivity index (χ1) is 13.5. The van der Waals surface area contributed by atoms with Crippen LogP contribution in [0.4, 0.5) is 17.6 Å². The van der Waals surface area contributed by atoms with Crippen molar-refractivity contribution < 1.29 is 22.0 Å². The molecule has 4 aromatic rings. The predicted octanol–water partition coefficient (Wildman–Crippen LogP) is 4.86. The number of nitrogens with zero attached hydrogens (tertiary/aromatic N) is 4. The summed E-state index contributed by atoms with van der Waals surface area (Å²) < 4.78 is 59.2. The molecule has 0 radical (unpaired) electrons. The Labute approximate surface area is 156 Å². The standard InChI is InChI=1S/C19H12F4N4O/c20-14-3-1-11(2-4-14)10-27-6-5-24-17(27)12-7-13(9-15(21)8-12)18-25-26-19(28-18)16(22)23/h1-9,16H,10H2. The fourth-order valence-electron chi connectivity index (χ4n) is 2.77. The van der Waals surface area contributed by atoms with Crippen molar-refractivity contribution >= 4 is 0 Å². The minimum absolute atomic E-state index is 0.158. The molecule has 5 nitrogen and oxygen atoms in total. The first kappa shape index (κ1) is 17.9. The summed E-state index contributed by atoms with van der Waals surface area (Å²) in [4.78, 5) is 4.25. The van der Waals surface area contributed by atoms with E-state index in [1.807, 2.05) is 0 Å². The Morgan fingerprint density at radius 1 is 0.929 bits per heavy atom. The van der Waals surface area contributed by atoms with Crippen LogP contribution in [0.25, 0.3) is 22.8 Å². The minimum atomic E-state index is -2.91. The molecule has 0 spiro atoms. The van der Waals surface area contributed by atoms with Crippen molar-refractivity contribution in [1.82, 2.24) is 19.7 Å². The quantitative estimate of drug-likeness (QED) is 0.458. The van der Waals surface area contributed by atoms with E-state index in [0.29, 0.717) is 17.9 Å². The number of hydrogen-bond donors (Lipinski definition) is 0. The molecule has 9 heteroatoms. The van der Waals surface area contributed by atoms with Gasteiger partial charge < -0.3 is 8.98 Å². The Hall–Kier alpha value is -3.49. The number of rotatable bonds is 5. The molecule has 0 saturated heterocycles. The summed E-state index contributed by atoms with van der Waals surface area (Å²) in [5.41, 5.74) is 1.39. The van der Waals surface area contributed by atoms with E-state index >= 15 is 0 Å². The monoisotopic (exact) mass is 388 g/mol. The Morgan fingerprint density at radius 3 is 2.39 bits per heavy atom. The van der Waals surface area contributed by atoms with Gasteiger partial charge in [0.15, 0.2) is 0 Å². The van der Waals surface area contributed by atoms with E-state index in [4.69, 9.17) is 4.42 Å². The van der Waals surface area contributed by atoms with Gasteiger partial charge in [0.2, 0.25) is 5.89 Å². The second-order valence-corrected chi connectivity index (χ2v) is 5.98. The number of aromatic nitrogens is 4. The Bertz CT molecular complexity index is 1110. The molecule has 28 heavy (non-hydrogen) atoms. The number of hydrogen-bond acceptors (Lipinski definition) is 4. The molecule has 2 aromatic heterocycles. The van der Waals surface area contributed by atoms with Crippen LogP contribution in [0.1, 0.15) is 17.9 Å². The van der Waals surface area contributed by atoms with E-state index in [2.05, 4.69) is 15.2 Å². The fourth-order valence-corrected chi connectivity index (χ4v) is 2.77. The molecule has 0 saturated carbocycles. The SMILES string of the molecule is Fc1ccc(Cn2ccnc2-c2cc(F)cc(-c3nnc(C(F)F)o3)c2)cc1. The first-order valence-corrected chi connectivity index (χ1v) is 8.18. The molecule has 0 bridgehead atoms. The lowest BCUT2D eigenvalue weighted by Gasteiger charge is -2.09. The van der Waals surface area contributed by atoms with Crippen molar-refractivity contribution in [3.63, 3.8) is 0 Å². The van der Waals surface area contributed by atoms with Gasteiger partial charge in [-0.2, -0.15) is 8.78 Å². The van der Waals surface area contributed by atoms with Gasteiger partial charge in [0.1, 0.15) is 17.5 Å². The lowest BCUT2D eigenvalue weighted by Crippen LogP contribution is -2.01. The number of imidazole rings is 1. The van der Waals surface area contributed by atoms with Gasteiger partial charge in [-0.25, -0.2) is 13.8 Å². The lowest BCUT2D eigenvalue weighted by molar-refractivity contribution is 0.116. The average molecular weight is 388 g/mol. The molecule has 0 aliphatic heterocycles. The maximum absolute atomic E-state index is 14.2. The van der Waals surface area contributed by atoms with Crippen molar-refractivity contribution in [1.29, 1.82) is 0 Å². The van der Waals surface area contributed by atoms with Gasteiger partial charge in [0, 0.05) is 30.1 Å². The minimum Gasteiger partial charge on any atom is -0.415 e. The van der Waals surface area contributed by atoms with E-state index in [-0.39, 0.29) is 17.3 Å². The third-order valence-electron chi connectivity index (χ3n) is 4.01. The zero-order valence-electron chi connectivity index (χ0n) is 14.2. The average Bonchev–Trinajstić information content (AvgIpc) is 3.33. The molecule has 0 unspecified atom stereocenters. The van der Waals surface area contributed by atoms with Crippen LogP contribution in [0.3, 0.4) is 0 Å². The lowest BCUT2D eigenvalue weighted by atomic mass is 10.1. The Morgan fingerprint density at radius 2 is 1.68 bits per heavy atom. The van der Waals surface area contributed by atoms with Crippen molar-refractivity contribution in [2.24, 2.45) is 0 Å². The van der Waals surface area contributed by atoms with Crippen LogP contribution in [0.15, 0.2) is 59.3 Å². The summed E-state index contributed by atoms with van der Waals surface area (Å²) in [6, 6.07) is 9.87. The van der Waals surface area contributed by atoms with Gasteiger partial charge in [-0.15, -0.1) is 10.2 Å². The summed E-state index contributed by atoms with van der Waals surface area (Å²) in [6.07, 6.45) is 0.333. The molecule has 0 fully saturated rings. The molecular formula is C19H12F4N4O. The van der Waals surface area contributed by atoms with Gasteiger partial charge in [-0.3, -0.25) is 0 Å². The van der Waals surface area contributed by atoms with Gasteiger partial charge in [-0.05, 0) is 35.9 Å². The summed E-state index contributed by atoms with van der Waals surface area (Å²) in [6.45, 7) is 0.386. The van der Waals surface area contributed by atoms with E-state index in [9.17, 15) is 17.6 Å². The van der Waals surface area contributed by atoms with Crippen LogP contribution in [0, 0.1) is 11.6 Å². The van der Waals surface area contributed by atoms with Crippen LogP contribution >= 0.6 is 0 Å².